The number of nitrogens with one attached hydrogen (secondary N) is 1. The molecule has 1 saturated heterocycles. The number of hydrogen-bond donors (Lipinski definition) is 1. The molecule has 1 N–H and O–H groups in total. The lowest BCUT2D eigenvalue weighted by atomic mass is 10.0. The maximum Gasteiger partial charge on any atom is 0.140 e. The monoisotopic (exact) mass is 241 g/mol. The summed E-state index contributed by atoms with van der Waals surface area (Å²) in [4.78, 5) is 0. The molecule has 1 heterocycles. The summed E-state index contributed by atoms with van der Waals surface area (Å²) < 4.78 is 10.7. The molecule has 0 aliphatic carbocycles. The Balaban J connectivity index is 2.28. The second-order valence-electron chi connectivity index (χ2n) is 3.93. The van der Waals surface area contributed by atoms with Crippen LogP contribution in [0.4, 0.5) is 0 Å². The largest absolute Gasteiger partial charge is 0.495 e. The van der Waals surface area contributed by atoms with E-state index in [1.807, 2.05) is 13.0 Å². The second kappa shape index (κ2) is 5.04. The van der Waals surface area contributed by atoms with Crippen LogP contribution in [0.3, 0.4) is 0 Å². The summed E-state index contributed by atoms with van der Waals surface area (Å²) in [5, 5.41) is 4.06. The normalized spacial score (nSPS) is 20.8. The molecule has 3 nitrogen and oxygen atoms in total. The number of rotatable bonds is 2. The summed E-state index contributed by atoms with van der Waals surface area (Å²) in [5.41, 5.74) is 2.21. The molecular weight excluding hydrogens is 226 g/mol. The highest BCUT2D eigenvalue weighted by molar-refractivity contribution is 6.32. The van der Waals surface area contributed by atoms with Crippen LogP contribution < -0.4 is 10.1 Å². The van der Waals surface area contributed by atoms with E-state index in [9.17, 15) is 0 Å². The fourth-order valence-corrected chi connectivity index (χ4v) is 2.35. The zero-order valence-electron chi connectivity index (χ0n) is 9.55. The Labute approximate surface area is 101 Å². The zero-order chi connectivity index (χ0) is 11.5. The molecule has 88 valence electrons. The molecular formula is C12H16ClNO2. The fraction of sp³-hybridized carbons (Fsp3) is 0.500. The van der Waals surface area contributed by atoms with Gasteiger partial charge >= 0.3 is 0 Å². The van der Waals surface area contributed by atoms with Crippen molar-refractivity contribution in [1.82, 2.24) is 5.32 Å². The Kier molecular flexibility index (Phi) is 3.69. The standard InChI is InChI=1S/C12H16ClNO2/c1-8-5-9(6-10(13)12(8)15-2)11-7-16-4-3-14-11/h5-6,11,14H,3-4,7H2,1-2H3. The highest BCUT2D eigenvalue weighted by atomic mass is 35.5. The molecule has 0 radical (unpaired) electrons. The van der Waals surface area contributed by atoms with Crippen molar-refractivity contribution in [1.29, 1.82) is 0 Å². The molecule has 0 amide bonds. The van der Waals surface area contributed by atoms with Crippen LogP contribution in [0.2, 0.25) is 5.02 Å². The van der Waals surface area contributed by atoms with Crippen molar-refractivity contribution in [3.05, 3.63) is 28.3 Å². The number of halogens is 1. The van der Waals surface area contributed by atoms with Gasteiger partial charge in [0.05, 0.1) is 31.4 Å². The Morgan fingerprint density at radius 3 is 2.88 bits per heavy atom. The van der Waals surface area contributed by atoms with Crippen LogP contribution in [0.5, 0.6) is 5.75 Å². The van der Waals surface area contributed by atoms with Gasteiger partial charge in [-0.15, -0.1) is 0 Å². The summed E-state index contributed by atoms with van der Waals surface area (Å²) in [7, 11) is 1.63. The van der Waals surface area contributed by atoms with Crippen LogP contribution in [0, 0.1) is 6.92 Å². The third-order valence-electron chi connectivity index (χ3n) is 2.78. The Morgan fingerprint density at radius 2 is 2.31 bits per heavy atom. The summed E-state index contributed by atoms with van der Waals surface area (Å²) in [6.07, 6.45) is 0. The van der Waals surface area contributed by atoms with Crippen molar-refractivity contribution in [3.8, 4) is 5.75 Å². The van der Waals surface area contributed by atoms with Crippen molar-refractivity contribution in [2.75, 3.05) is 26.9 Å². The molecule has 1 atom stereocenters. The van der Waals surface area contributed by atoms with Crippen LogP contribution in [0.15, 0.2) is 12.1 Å². The van der Waals surface area contributed by atoms with Crippen LogP contribution in [0.1, 0.15) is 17.2 Å². The Bertz CT molecular complexity index is 352. The minimum atomic E-state index is 0.232. The van der Waals surface area contributed by atoms with E-state index in [1.54, 1.807) is 7.11 Å². The van der Waals surface area contributed by atoms with Gasteiger partial charge in [0, 0.05) is 6.54 Å². The van der Waals surface area contributed by atoms with Gasteiger partial charge in [-0.3, -0.25) is 0 Å². The molecule has 1 unspecified atom stereocenters. The molecule has 1 aliphatic rings. The topological polar surface area (TPSA) is 30.5 Å². The van der Waals surface area contributed by atoms with Gasteiger partial charge in [-0.2, -0.15) is 0 Å². The van der Waals surface area contributed by atoms with Crippen LogP contribution in [-0.2, 0) is 4.74 Å². The summed E-state index contributed by atoms with van der Waals surface area (Å²) in [6, 6.07) is 4.27. The summed E-state index contributed by atoms with van der Waals surface area (Å²) in [5.74, 6) is 0.752. The van der Waals surface area contributed by atoms with E-state index in [-0.39, 0.29) is 6.04 Å². The predicted molar refractivity (Wildman–Crippen MR) is 64.3 cm³/mol. The van der Waals surface area contributed by atoms with Gasteiger partial charge in [0.1, 0.15) is 5.75 Å². The highest BCUT2D eigenvalue weighted by Gasteiger charge is 2.17. The molecule has 2 rings (SSSR count). The Hall–Kier alpha value is -0.770. The average molecular weight is 242 g/mol. The fourth-order valence-electron chi connectivity index (χ4n) is 2.00. The molecule has 0 aromatic heterocycles. The zero-order valence-corrected chi connectivity index (χ0v) is 10.3. The first-order valence-electron chi connectivity index (χ1n) is 5.37. The number of aryl methyl sites for hydroxylation is 1. The van der Waals surface area contributed by atoms with Gasteiger partial charge in [0.25, 0.3) is 0 Å². The minimum Gasteiger partial charge on any atom is -0.495 e. The molecule has 0 bridgehead atoms. The van der Waals surface area contributed by atoms with Crippen LogP contribution in [0.25, 0.3) is 0 Å². The SMILES string of the molecule is COc1c(C)cc(C2COCCN2)cc1Cl. The molecule has 0 spiro atoms. The second-order valence-corrected chi connectivity index (χ2v) is 4.34. The first kappa shape index (κ1) is 11.7. The van der Waals surface area contributed by atoms with E-state index in [4.69, 9.17) is 21.1 Å². The van der Waals surface area contributed by atoms with Crippen LogP contribution >= 0.6 is 11.6 Å². The third kappa shape index (κ3) is 2.32. The van der Waals surface area contributed by atoms with Gasteiger partial charge in [0.15, 0.2) is 0 Å². The van der Waals surface area contributed by atoms with E-state index in [0.29, 0.717) is 11.6 Å². The minimum absolute atomic E-state index is 0.232. The Morgan fingerprint density at radius 1 is 1.50 bits per heavy atom. The smallest absolute Gasteiger partial charge is 0.140 e. The van der Waals surface area contributed by atoms with E-state index < -0.39 is 0 Å². The lowest BCUT2D eigenvalue weighted by molar-refractivity contribution is 0.0768. The first-order valence-corrected chi connectivity index (χ1v) is 5.75. The van der Waals surface area contributed by atoms with Crippen molar-refractivity contribution in [2.45, 2.75) is 13.0 Å². The van der Waals surface area contributed by atoms with Crippen LogP contribution in [-0.4, -0.2) is 26.9 Å². The summed E-state index contributed by atoms with van der Waals surface area (Å²) >= 11 is 6.16. The molecule has 1 aliphatic heterocycles. The van der Waals surface area contributed by atoms with Crippen molar-refractivity contribution >= 4 is 11.6 Å². The average Bonchev–Trinajstić information content (AvgIpc) is 2.30. The van der Waals surface area contributed by atoms with Gasteiger partial charge in [0.2, 0.25) is 0 Å². The van der Waals surface area contributed by atoms with Crippen molar-refractivity contribution in [3.63, 3.8) is 0 Å². The van der Waals surface area contributed by atoms with Gasteiger partial charge in [-0.1, -0.05) is 17.7 Å². The van der Waals surface area contributed by atoms with Gasteiger partial charge in [-0.05, 0) is 24.1 Å². The summed E-state index contributed by atoms with van der Waals surface area (Å²) in [6.45, 7) is 4.35. The number of methoxy groups -OCH3 is 1. The number of ether oxygens (including phenoxy) is 2. The van der Waals surface area contributed by atoms with E-state index in [0.717, 1.165) is 30.0 Å². The molecule has 1 aromatic carbocycles. The van der Waals surface area contributed by atoms with Crippen molar-refractivity contribution < 1.29 is 9.47 Å². The first-order chi connectivity index (χ1) is 7.72. The molecule has 1 aromatic rings. The highest BCUT2D eigenvalue weighted by Crippen LogP contribution is 2.32. The molecule has 1 fully saturated rings. The number of morpholine rings is 1. The lowest BCUT2D eigenvalue weighted by Gasteiger charge is -2.25. The molecule has 16 heavy (non-hydrogen) atoms. The maximum absolute atomic E-state index is 6.16. The number of benzene rings is 1. The third-order valence-corrected chi connectivity index (χ3v) is 3.06. The number of hydrogen-bond acceptors (Lipinski definition) is 3. The maximum atomic E-state index is 6.16. The predicted octanol–water partition coefficient (Wildman–Crippen LogP) is 2.32. The van der Waals surface area contributed by atoms with Gasteiger partial charge < -0.3 is 14.8 Å². The van der Waals surface area contributed by atoms with Crippen molar-refractivity contribution in [2.24, 2.45) is 0 Å². The molecule has 0 saturated carbocycles. The molecule has 4 heteroatoms. The lowest BCUT2D eigenvalue weighted by Crippen LogP contribution is -2.34. The van der Waals surface area contributed by atoms with E-state index in [2.05, 4.69) is 11.4 Å². The van der Waals surface area contributed by atoms with E-state index >= 15 is 0 Å². The van der Waals surface area contributed by atoms with E-state index in [1.165, 1.54) is 0 Å². The quantitative estimate of drug-likeness (QED) is 0.862. The van der Waals surface area contributed by atoms with Gasteiger partial charge in [-0.25, -0.2) is 0 Å².